The molecule has 0 saturated heterocycles. The molecule has 0 radical (unpaired) electrons. The topological polar surface area (TPSA) is 84.9 Å². The summed E-state index contributed by atoms with van der Waals surface area (Å²) in [6.45, 7) is 0.429. The Bertz CT molecular complexity index is 1250. The Morgan fingerprint density at radius 3 is 2.41 bits per heavy atom. The van der Waals surface area contributed by atoms with Crippen LogP contribution in [0.3, 0.4) is 0 Å². The lowest BCUT2D eigenvalue weighted by Crippen LogP contribution is -2.51. The van der Waals surface area contributed by atoms with Crippen LogP contribution in [0.1, 0.15) is 5.56 Å². The first-order valence-corrected chi connectivity index (χ1v) is 12.3. The molecule has 0 saturated carbocycles. The van der Waals surface area contributed by atoms with E-state index in [1.165, 1.54) is 17.0 Å². The highest BCUT2D eigenvalue weighted by Gasteiger charge is 2.31. The molecule has 3 aromatic rings. The van der Waals surface area contributed by atoms with Crippen molar-refractivity contribution in [1.29, 1.82) is 0 Å². The van der Waals surface area contributed by atoms with Gasteiger partial charge in [0.2, 0.25) is 15.9 Å². The van der Waals surface area contributed by atoms with Gasteiger partial charge in [-0.3, -0.25) is 4.79 Å². The summed E-state index contributed by atoms with van der Waals surface area (Å²) < 4.78 is 54.1. The van der Waals surface area contributed by atoms with Gasteiger partial charge in [-0.2, -0.15) is 4.72 Å². The number of nitrogens with one attached hydrogen (secondary N) is 1. The van der Waals surface area contributed by atoms with Gasteiger partial charge in [-0.05, 0) is 36.2 Å². The summed E-state index contributed by atoms with van der Waals surface area (Å²) >= 11 is 0. The molecule has 1 amide bonds. The molecule has 0 fully saturated rings. The molecule has 0 spiro atoms. The van der Waals surface area contributed by atoms with Gasteiger partial charge in [0.25, 0.3) is 0 Å². The third-order valence-corrected chi connectivity index (χ3v) is 6.93. The van der Waals surface area contributed by atoms with Crippen LogP contribution in [-0.4, -0.2) is 51.6 Å². The highest BCUT2D eigenvalue weighted by molar-refractivity contribution is 7.89. The minimum Gasteiger partial charge on any atom is -0.486 e. The van der Waals surface area contributed by atoms with Gasteiger partial charge in [0.1, 0.15) is 23.4 Å². The summed E-state index contributed by atoms with van der Waals surface area (Å²) in [5.41, 5.74) is 0.761. The van der Waals surface area contributed by atoms with Crippen LogP contribution in [-0.2, 0) is 21.2 Å². The molecular formula is C25H25FN2O5S. The molecule has 178 valence electrons. The van der Waals surface area contributed by atoms with Crippen molar-refractivity contribution in [1.82, 2.24) is 9.62 Å². The van der Waals surface area contributed by atoms with Crippen LogP contribution in [0.5, 0.6) is 11.5 Å². The number of likely N-dealkylation sites (N-methyl/N-ethyl adjacent to an activating group) is 1. The highest BCUT2D eigenvalue weighted by Crippen LogP contribution is 2.31. The fourth-order valence-corrected chi connectivity index (χ4v) is 5.03. The van der Waals surface area contributed by atoms with Gasteiger partial charge < -0.3 is 14.4 Å². The predicted octanol–water partition coefficient (Wildman–Crippen LogP) is 3.01. The van der Waals surface area contributed by atoms with E-state index in [2.05, 4.69) is 4.72 Å². The number of fused-ring (bicyclic) bond motifs is 1. The Hall–Kier alpha value is -3.43. The third kappa shape index (κ3) is 5.55. The average molecular weight is 485 g/mol. The molecular weight excluding hydrogens is 459 g/mol. The van der Waals surface area contributed by atoms with Crippen molar-refractivity contribution in [3.8, 4) is 11.5 Å². The van der Waals surface area contributed by atoms with Crippen molar-refractivity contribution in [2.24, 2.45) is 0 Å². The fourth-order valence-electron chi connectivity index (χ4n) is 3.76. The Balaban J connectivity index is 1.52. The molecule has 34 heavy (non-hydrogen) atoms. The average Bonchev–Trinajstić information content (AvgIpc) is 2.83. The molecule has 1 aliphatic rings. The molecule has 1 aliphatic heterocycles. The molecule has 4 rings (SSSR count). The SMILES string of the molecule is CN(C[C@@H]1COc2ccccc2O1)C(=O)[C@H](Cc1ccccc1)NS(=O)(=O)c1ccccc1F. The van der Waals surface area contributed by atoms with Crippen LogP contribution in [0.25, 0.3) is 0 Å². The number of hydrogen-bond acceptors (Lipinski definition) is 5. The molecule has 2 atom stereocenters. The zero-order valence-electron chi connectivity index (χ0n) is 18.6. The van der Waals surface area contributed by atoms with Gasteiger partial charge in [-0.25, -0.2) is 12.8 Å². The van der Waals surface area contributed by atoms with Crippen LogP contribution in [0.15, 0.2) is 83.8 Å². The first kappa shape index (κ1) is 23.7. The van der Waals surface area contributed by atoms with E-state index in [0.717, 1.165) is 17.7 Å². The second kappa shape index (κ2) is 10.2. The van der Waals surface area contributed by atoms with Crippen LogP contribution >= 0.6 is 0 Å². The van der Waals surface area contributed by atoms with Crippen LogP contribution in [0.2, 0.25) is 0 Å². The summed E-state index contributed by atoms with van der Waals surface area (Å²) in [5.74, 6) is -0.139. The Kier molecular flexibility index (Phi) is 7.14. The minimum absolute atomic E-state index is 0.0998. The van der Waals surface area contributed by atoms with E-state index in [1.54, 1.807) is 43.4 Å². The van der Waals surface area contributed by atoms with E-state index in [9.17, 15) is 17.6 Å². The smallest absolute Gasteiger partial charge is 0.244 e. The van der Waals surface area contributed by atoms with E-state index in [1.807, 2.05) is 18.2 Å². The number of para-hydroxylation sites is 2. The zero-order chi connectivity index (χ0) is 24.1. The van der Waals surface area contributed by atoms with Crippen molar-refractivity contribution < 1.29 is 27.1 Å². The minimum atomic E-state index is -4.29. The Morgan fingerprint density at radius 2 is 1.68 bits per heavy atom. The second-order valence-electron chi connectivity index (χ2n) is 8.01. The lowest BCUT2D eigenvalue weighted by Gasteiger charge is -2.31. The van der Waals surface area contributed by atoms with Gasteiger partial charge in [0.15, 0.2) is 17.6 Å². The van der Waals surface area contributed by atoms with Crippen molar-refractivity contribution in [2.45, 2.75) is 23.5 Å². The summed E-state index contributed by atoms with van der Waals surface area (Å²) in [6.07, 6.45) is -0.327. The maximum atomic E-state index is 14.2. The van der Waals surface area contributed by atoms with Crippen LogP contribution in [0.4, 0.5) is 4.39 Å². The number of ether oxygens (including phenoxy) is 2. The maximum Gasteiger partial charge on any atom is 0.244 e. The lowest BCUT2D eigenvalue weighted by atomic mass is 10.1. The van der Waals surface area contributed by atoms with E-state index in [0.29, 0.717) is 11.5 Å². The van der Waals surface area contributed by atoms with Gasteiger partial charge in [0.05, 0.1) is 6.54 Å². The molecule has 0 aromatic heterocycles. The standard InChI is InChI=1S/C25H25FN2O5S/c1-28(16-19-17-32-22-12-6-7-13-23(22)33-19)25(29)21(15-18-9-3-2-4-10-18)27-34(30,31)24-14-8-5-11-20(24)26/h2-14,19,21,27H,15-17H2,1H3/t19-,21+/m1/s1. The van der Waals surface area contributed by atoms with E-state index in [4.69, 9.17) is 9.47 Å². The largest absolute Gasteiger partial charge is 0.486 e. The third-order valence-electron chi connectivity index (χ3n) is 5.43. The van der Waals surface area contributed by atoms with Gasteiger partial charge in [-0.15, -0.1) is 0 Å². The fraction of sp³-hybridized carbons (Fsp3) is 0.240. The normalized spacial score (nSPS) is 16.0. The molecule has 1 N–H and O–H groups in total. The maximum absolute atomic E-state index is 14.2. The van der Waals surface area contributed by atoms with Crippen molar-refractivity contribution in [3.63, 3.8) is 0 Å². The van der Waals surface area contributed by atoms with Crippen LogP contribution < -0.4 is 14.2 Å². The number of carbonyl (C=O) groups is 1. The number of halogens is 1. The van der Waals surface area contributed by atoms with Crippen molar-refractivity contribution in [3.05, 3.63) is 90.2 Å². The van der Waals surface area contributed by atoms with E-state index >= 15 is 0 Å². The highest BCUT2D eigenvalue weighted by atomic mass is 32.2. The second-order valence-corrected chi connectivity index (χ2v) is 9.69. The number of amides is 1. The Labute approximate surface area is 198 Å². The number of rotatable bonds is 8. The summed E-state index contributed by atoms with van der Waals surface area (Å²) in [5, 5.41) is 0. The summed E-state index contributed by atoms with van der Waals surface area (Å²) in [6, 6.07) is 20.2. The summed E-state index contributed by atoms with van der Waals surface area (Å²) in [7, 11) is -2.72. The number of nitrogens with zero attached hydrogens (tertiary/aromatic N) is 1. The molecule has 1 heterocycles. The molecule has 3 aromatic carbocycles. The van der Waals surface area contributed by atoms with Gasteiger partial charge in [-0.1, -0.05) is 54.6 Å². The molecule has 9 heteroatoms. The van der Waals surface area contributed by atoms with E-state index in [-0.39, 0.29) is 19.6 Å². The monoisotopic (exact) mass is 484 g/mol. The number of sulfonamides is 1. The number of hydrogen-bond donors (Lipinski definition) is 1. The Morgan fingerprint density at radius 1 is 1.03 bits per heavy atom. The quantitative estimate of drug-likeness (QED) is 0.531. The first-order valence-electron chi connectivity index (χ1n) is 10.8. The zero-order valence-corrected chi connectivity index (χ0v) is 19.4. The number of carbonyl (C=O) groups excluding carboxylic acids is 1. The molecule has 0 aliphatic carbocycles. The van der Waals surface area contributed by atoms with Gasteiger partial charge in [0, 0.05) is 7.05 Å². The van der Waals surface area contributed by atoms with Crippen molar-refractivity contribution >= 4 is 15.9 Å². The van der Waals surface area contributed by atoms with Gasteiger partial charge >= 0.3 is 0 Å². The lowest BCUT2D eigenvalue weighted by molar-refractivity contribution is -0.133. The molecule has 7 nitrogen and oxygen atoms in total. The predicted molar refractivity (Wildman–Crippen MR) is 125 cm³/mol. The molecule has 0 unspecified atom stereocenters. The van der Waals surface area contributed by atoms with E-state index < -0.39 is 38.8 Å². The summed E-state index contributed by atoms with van der Waals surface area (Å²) in [4.78, 5) is 14.3. The number of benzene rings is 3. The van der Waals surface area contributed by atoms with Crippen LogP contribution in [0, 0.1) is 5.82 Å². The molecule has 0 bridgehead atoms. The van der Waals surface area contributed by atoms with Crippen molar-refractivity contribution in [2.75, 3.05) is 20.2 Å². The first-order chi connectivity index (χ1) is 16.3.